The van der Waals surface area contributed by atoms with E-state index in [2.05, 4.69) is 56.2 Å². The van der Waals surface area contributed by atoms with Crippen molar-refractivity contribution < 1.29 is 4.74 Å². The highest BCUT2D eigenvalue weighted by Gasteiger charge is 2.06. The lowest BCUT2D eigenvalue weighted by molar-refractivity contribution is 0.368. The van der Waals surface area contributed by atoms with Gasteiger partial charge in [-0.05, 0) is 74.2 Å². The van der Waals surface area contributed by atoms with Gasteiger partial charge in [-0.1, -0.05) is 12.1 Å². The number of nitrogens with zero attached hydrogens (tertiary/aromatic N) is 1. The lowest BCUT2D eigenvalue weighted by Gasteiger charge is -2.12. The molecule has 0 aliphatic heterocycles. The standard InChI is InChI=1S/C16H14Br2N2O/c1-11-7-14(17)16(15(18)8-11)20-10-12-3-2-4-13(9-12)21-6-5-19/h2-4,7-9,20H,6,10H2,1H3. The first-order chi connectivity index (χ1) is 10.1. The molecule has 0 saturated carbocycles. The van der Waals surface area contributed by atoms with Crippen molar-refractivity contribution in [3.8, 4) is 11.8 Å². The number of hydrogen-bond donors (Lipinski definition) is 1. The number of anilines is 1. The molecule has 2 aromatic rings. The first-order valence-corrected chi connectivity index (χ1v) is 7.97. The van der Waals surface area contributed by atoms with E-state index in [4.69, 9.17) is 10.00 Å². The topological polar surface area (TPSA) is 45.0 Å². The summed E-state index contributed by atoms with van der Waals surface area (Å²) in [6.07, 6.45) is 0. The Morgan fingerprint density at radius 3 is 2.57 bits per heavy atom. The first kappa shape index (κ1) is 15.9. The zero-order valence-electron chi connectivity index (χ0n) is 11.5. The van der Waals surface area contributed by atoms with E-state index in [0.29, 0.717) is 12.3 Å². The van der Waals surface area contributed by atoms with Crippen LogP contribution in [0.5, 0.6) is 5.75 Å². The van der Waals surface area contributed by atoms with Crippen molar-refractivity contribution in [2.75, 3.05) is 11.9 Å². The predicted molar refractivity (Wildman–Crippen MR) is 91.5 cm³/mol. The molecule has 0 aliphatic carbocycles. The van der Waals surface area contributed by atoms with Crippen molar-refractivity contribution in [1.29, 1.82) is 5.26 Å². The molecule has 0 atom stereocenters. The largest absolute Gasteiger partial charge is 0.479 e. The van der Waals surface area contributed by atoms with Crippen molar-refractivity contribution in [3.63, 3.8) is 0 Å². The highest BCUT2D eigenvalue weighted by molar-refractivity contribution is 9.11. The minimum absolute atomic E-state index is 0.0614. The average Bonchev–Trinajstić information content (AvgIpc) is 2.44. The number of aryl methyl sites for hydroxylation is 1. The molecular weight excluding hydrogens is 396 g/mol. The maximum Gasteiger partial charge on any atom is 0.174 e. The minimum Gasteiger partial charge on any atom is -0.479 e. The molecule has 0 saturated heterocycles. The fourth-order valence-corrected chi connectivity index (χ4v) is 3.62. The summed E-state index contributed by atoms with van der Waals surface area (Å²) < 4.78 is 7.34. The van der Waals surface area contributed by atoms with Crippen LogP contribution in [-0.4, -0.2) is 6.61 Å². The van der Waals surface area contributed by atoms with Crippen LogP contribution >= 0.6 is 31.9 Å². The van der Waals surface area contributed by atoms with Gasteiger partial charge in [0.05, 0.1) is 5.69 Å². The van der Waals surface area contributed by atoms with Gasteiger partial charge < -0.3 is 10.1 Å². The predicted octanol–water partition coefficient (Wildman–Crippen LogP) is 5.03. The molecule has 5 heteroatoms. The van der Waals surface area contributed by atoms with Gasteiger partial charge in [-0.3, -0.25) is 0 Å². The van der Waals surface area contributed by atoms with Crippen molar-refractivity contribution in [1.82, 2.24) is 0 Å². The Morgan fingerprint density at radius 2 is 1.90 bits per heavy atom. The van der Waals surface area contributed by atoms with Crippen LogP contribution in [0.15, 0.2) is 45.3 Å². The van der Waals surface area contributed by atoms with Gasteiger partial charge in [0.2, 0.25) is 0 Å². The van der Waals surface area contributed by atoms with Gasteiger partial charge in [-0.25, -0.2) is 0 Å². The monoisotopic (exact) mass is 408 g/mol. The summed E-state index contributed by atoms with van der Waals surface area (Å²) >= 11 is 7.13. The lowest BCUT2D eigenvalue weighted by Crippen LogP contribution is -2.02. The number of benzene rings is 2. The Hall–Kier alpha value is -1.51. The summed E-state index contributed by atoms with van der Waals surface area (Å²) in [7, 11) is 0. The summed E-state index contributed by atoms with van der Waals surface area (Å²) in [5.41, 5.74) is 3.29. The van der Waals surface area contributed by atoms with Crippen molar-refractivity contribution >= 4 is 37.5 Å². The van der Waals surface area contributed by atoms with Gasteiger partial charge >= 0.3 is 0 Å². The maximum atomic E-state index is 8.53. The van der Waals surface area contributed by atoms with Crippen molar-refractivity contribution in [2.45, 2.75) is 13.5 Å². The Labute approximate surface area is 141 Å². The number of rotatable bonds is 5. The molecular formula is C16H14Br2N2O. The third kappa shape index (κ3) is 4.48. The van der Waals surface area contributed by atoms with Crippen LogP contribution in [0.3, 0.4) is 0 Å². The molecule has 1 N–H and O–H groups in total. The van der Waals surface area contributed by atoms with E-state index in [9.17, 15) is 0 Å². The Kier molecular flexibility index (Phi) is 5.66. The number of ether oxygens (including phenoxy) is 1. The second-order valence-electron chi connectivity index (χ2n) is 4.55. The summed E-state index contributed by atoms with van der Waals surface area (Å²) in [5.74, 6) is 0.706. The highest BCUT2D eigenvalue weighted by Crippen LogP contribution is 2.32. The fourth-order valence-electron chi connectivity index (χ4n) is 1.92. The van der Waals surface area contributed by atoms with Crippen LogP contribution in [0.25, 0.3) is 0 Å². The summed E-state index contributed by atoms with van der Waals surface area (Å²) in [5, 5.41) is 11.9. The van der Waals surface area contributed by atoms with E-state index in [1.165, 1.54) is 5.56 Å². The fraction of sp³-hybridized carbons (Fsp3) is 0.188. The molecule has 0 radical (unpaired) electrons. The van der Waals surface area contributed by atoms with Gasteiger partial charge in [0, 0.05) is 15.5 Å². The van der Waals surface area contributed by atoms with Gasteiger partial charge in [0.25, 0.3) is 0 Å². The molecule has 0 bridgehead atoms. The number of hydrogen-bond acceptors (Lipinski definition) is 3. The molecule has 0 fully saturated rings. The lowest BCUT2D eigenvalue weighted by atomic mass is 10.2. The second kappa shape index (κ2) is 7.48. The minimum atomic E-state index is 0.0614. The Morgan fingerprint density at radius 1 is 1.19 bits per heavy atom. The SMILES string of the molecule is Cc1cc(Br)c(NCc2cccc(OCC#N)c2)c(Br)c1. The van der Waals surface area contributed by atoms with E-state index in [0.717, 1.165) is 20.2 Å². The van der Waals surface area contributed by atoms with Gasteiger partial charge in [0.15, 0.2) is 6.61 Å². The smallest absolute Gasteiger partial charge is 0.174 e. The van der Waals surface area contributed by atoms with E-state index in [1.807, 2.05) is 30.3 Å². The Balaban J connectivity index is 2.08. The van der Waals surface area contributed by atoms with Crippen LogP contribution in [0.4, 0.5) is 5.69 Å². The Bertz CT molecular complexity index is 657. The molecule has 0 amide bonds. The third-order valence-electron chi connectivity index (χ3n) is 2.86. The van der Waals surface area contributed by atoms with Gasteiger partial charge in [0.1, 0.15) is 11.8 Å². The van der Waals surface area contributed by atoms with E-state index >= 15 is 0 Å². The molecule has 0 heterocycles. The zero-order valence-corrected chi connectivity index (χ0v) is 14.7. The van der Waals surface area contributed by atoms with Crippen LogP contribution in [0.2, 0.25) is 0 Å². The maximum absolute atomic E-state index is 8.53. The molecule has 21 heavy (non-hydrogen) atoms. The van der Waals surface area contributed by atoms with E-state index < -0.39 is 0 Å². The molecule has 2 aromatic carbocycles. The van der Waals surface area contributed by atoms with Crippen LogP contribution in [0, 0.1) is 18.3 Å². The van der Waals surface area contributed by atoms with Crippen LogP contribution < -0.4 is 10.1 Å². The van der Waals surface area contributed by atoms with Gasteiger partial charge in [-0.15, -0.1) is 0 Å². The average molecular weight is 410 g/mol. The molecule has 2 rings (SSSR count). The molecule has 0 aromatic heterocycles. The number of halogens is 2. The van der Waals surface area contributed by atoms with E-state index in [-0.39, 0.29) is 6.61 Å². The van der Waals surface area contributed by atoms with Crippen LogP contribution in [-0.2, 0) is 6.54 Å². The second-order valence-corrected chi connectivity index (χ2v) is 6.26. The molecule has 0 unspecified atom stereocenters. The number of nitrogens with one attached hydrogen (secondary N) is 1. The summed E-state index contributed by atoms with van der Waals surface area (Å²) in [6.45, 7) is 2.78. The normalized spacial score (nSPS) is 10.0. The van der Waals surface area contributed by atoms with E-state index in [1.54, 1.807) is 0 Å². The van der Waals surface area contributed by atoms with Crippen molar-refractivity contribution in [2.24, 2.45) is 0 Å². The first-order valence-electron chi connectivity index (χ1n) is 6.38. The molecule has 0 spiro atoms. The van der Waals surface area contributed by atoms with Crippen LogP contribution in [0.1, 0.15) is 11.1 Å². The highest BCUT2D eigenvalue weighted by atomic mass is 79.9. The van der Waals surface area contributed by atoms with Crippen molar-refractivity contribution in [3.05, 3.63) is 56.5 Å². The molecule has 108 valence electrons. The van der Waals surface area contributed by atoms with Gasteiger partial charge in [-0.2, -0.15) is 5.26 Å². The summed E-state index contributed by atoms with van der Waals surface area (Å²) in [4.78, 5) is 0. The quantitative estimate of drug-likeness (QED) is 0.752. The summed E-state index contributed by atoms with van der Waals surface area (Å²) in [6, 6.07) is 13.8. The third-order valence-corrected chi connectivity index (χ3v) is 4.11. The number of nitriles is 1. The zero-order chi connectivity index (χ0) is 15.2. The molecule has 3 nitrogen and oxygen atoms in total. The molecule has 0 aliphatic rings.